The second-order valence-corrected chi connectivity index (χ2v) is 6.43. The highest BCUT2D eigenvalue weighted by atomic mass is 35.6. The Morgan fingerprint density at radius 1 is 1.20 bits per heavy atom. The quantitative estimate of drug-likeness (QED) is 0.711. The molecule has 5 nitrogen and oxygen atoms in total. The predicted molar refractivity (Wildman–Crippen MR) is 77.9 cm³/mol. The molecule has 0 unspecified atom stereocenters. The summed E-state index contributed by atoms with van der Waals surface area (Å²) < 4.78 is -1.99. The summed E-state index contributed by atoms with van der Waals surface area (Å²) in [4.78, 5) is 22.0. The van der Waals surface area contributed by atoms with E-state index in [9.17, 15) is 9.59 Å². The molecule has 0 bridgehead atoms. The normalized spacial score (nSPS) is 12.8. The van der Waals surface area contributed by atoms with Gasteiger partial charge in [-0.2, -0.15) is 0 Å². The lowest BCUT2D eigenvalue weighted by molar-refractivity contribution is -0.138. The molecule has 1 aromatic carbocycles. The lowest BCUT2D eigenvalue weighted by Crippen LogP contribution is -2.34. The molecule has 0 heterocycles. The summed E-state index contributed by atoms with van der Waals surface area (Å²) in [5.41, 5.74) is 7.01. The van der Waals surface area contributed by atoms with Gasteiger partial charge in [-0.3, -0.25) is 9.59 Å². The maximum absolute atomic E-state index is 11.3. The molecule has 0 aliphatic heterocycles. The Labute approximate surface area is 131 Å². The van der Waals surface area contributed by atoms with E-state index >= 15 is 0 Å². The molecule has 1 aromatic rings. The zero-order valence-corrected chi connectivity index (χ0v) is 12.5. The molecular weight excluding hydrogens is 327 g/mol. The topological polar surface area (TPSA) is 92.4 Å². The van der Waals surface area contributed by atoms with Crippen molar-refractivity contribution in [3.63, 3.8) is 0 Å². The van der Waals surface area contributed by atoms with Crippen molar-refractivity contribution in [2.24, 2.45) is 5.73 Å². The Bertz CT molecular complexity index is 486. The van der Waals surface area contributed by atoms with Crippen LogP contribution < -0.4 is 11.1 Å². The summed E-state index contributed by atoms with van der Waals surface area (Å²) in [6.07, 6.45) is 0.232. The second-order valence-electron chi connectivity index (χ2n) is 4.15. The molecule has 1 rings (SSSR count). The van der Waals surface area contributed by atoms with Gasteiger partial charge < -0.3 is 16.2 Å². The number of benzene rings is 1. The van der Waals surface area contributed by atoms with Gasteiger partial charge in [0.05, 0.1) is 0 Å². The van der Waals surface area contributed by atoms with Gasteiger partial charge >= 0.3 is 5.97 Å². The molecular formula is C12H13Cl3N2O3. The molecule has 0 aliphatic rings. The highest BCUT2D eigenvalue weighted by molar-refractivity contribution is 6.76. The Hall–Kier alpha value is -1.01. The standard InChI is InChI=1S/C12H13Cl3N2O3/c13-12(14,15)11(20)17-6-8-3-1-7(2-4-8)5-9(16)10(18)19/h1-4,9H,5-6,16H2,(H,17,20)(H,18,19)/t9-/m0/s1. The minimum Gasteiger partial charge on any atom is -0.480 e. The first-order chi connectivity index (χ1) is 9.20. The van der Waals surface area contributed by atoms with Crippen LogP contribution in [0.25, 0.3) is 0 Å². The SMILES string of the molecule is N[C@@H](Cc1ccc(CNC(=O)C(Cl)(Cl)Cl)cc1)C(=O)O. The van der Waals surface area contributed by atoms with Crippen LogP contribution in [0.2, 0.25) is 0 Å². The van der Waals surface area contributed by atoms with Gasteiger partial charge in [0, 0.05) is 6.54 Å². The fourth-order valence-electron chi connectivity index (χ4n) is 1.42. The van der Waals surface area contributed by atoms with Crippen LogP contribution >= 0.6 is 34.8 Å². The zero-order chi connectivity index (χ0) is 15.3. The Morgan fingerprint density at radius 2 is 1.70 bits per heavy atom. The minimum atomic E-state index is -1.99. The molecule has 110 valence electrons. The molecule has 0 radical (unpaired) electrons. The third kappa shape index (κ3) is 5.54. The Balaban J connectivity index is 2.55. The summed E-state index contributed by atoms with van der Waals surface area (Å²) in [7, 11) is 0. The van der Waals surface area contributed by atoms with Crippen molar-refractivity contribution in [3.8, 4) is 0 Å². The van der Waals surface area contributed by atoms with Crippen LogP contribution in [0.3, 0.4) is 0 Å². The van der Waals surface area contributed by atoms with E-state index in [0.29, 0.717) is 0 Å². The molecule has 0 saturated carbocycles. The molecule has 1 amide bonds. The van der Waals surface area contributed by atoms with Crippen LogP contribution in [0.1, 0.15) is 11.1 Å². The highest BCUT2D eigenvalue weighted by Gasteiger charge is 2.30. The summed E-state index contributed by atoms with van der Waals surface area (Å²) in [6.45, 7) is 0.206. The number of nitrogens with one attached hydrogen (secondary N) is 1. The Kier molecular flexibility index (Phi) is 6.07. The summed E-state index contributed by atoms with van der Waals surface area (Å²) in [5.74, 6) is -1.76. The lowest BCUT2D eigenvalue weighted by Gasteiger charge is -2.12. The predicted octanol–water partition coefficient (Wildman–Crippen LogP) is 1.63. The van der Waals surface area contributed by atoms with Crippen LogP contribution in [-0.4, -0.2) is 26.8 Å². The van der Waals surface area contributed by atoms with Crippen molar-refractivity contribution in [2.75, 3.05) is 0 Å². The van der Waals surface area contributed by atoms with Gasteiger partial charge in [-0.1, -0.05) is 59.1 Å². The summed E-state index contributed by atoms with van der Waals surface area (Å²) in [5, 5.41) is 11.2. The monoisotopic (exact) mass is 338 g/mol. The number of hydrogen-bond acceptors (Lipinski definition) is 3. The molecule has 4 N–H and O–H groups in total. The zero-order valence-electron chi connectivity index (χ0n) is 10.3. The number of carbonyl (C=O) groups is 2. The third-order valence-corrected chi connectivity index (χ3v) is 3.02. The number of rotatable bonds is 5. The van der Waals surface area contributed by atoms with Crippen molar-refractivity contribution in [1.29, 1.82) is 0 Å². The first-order valence-electron chi connectivity index (χ1n) is 5.61. The first-order valence-corrected chi connectivity index (χ1v) is 6.74. The van der Waals surface area contributed by atoms with E-state index in [-0.39, 0.29) is 13.0 Å². The van der Waals surface area contributed by atoms with E-state index in [1.807, 2.05) is 0 Å². The van der Waals surface area contributed by atoms with Crippen LogP contribution in [0.4, 0.5) is 0 Å². The number of carboxylic acid groups (broad SMARTS) is 1. The number of halogens is 3. The average molecular weight is 340 g/mol. The van der Waals surface area contributed by atoms with Gasteiger partial charge in [0.1, 0.15) is 6.04 Å². The number of carbonyl (C=O) groups excluding carboxylic acids is 1. The molecule has 0 spiro atoms. The molecule has 8 heteroatoms. The Morgan fingerprint density at radius 3 is 2.15 bits per heavy atom. The maximum Gasteiger partial charge on any atom is 0.320 e. The van der Waals surface area contributed by atoms with E-state index in [0.717, 1.165) is 11.1 Å². The largest absolute Gasteiger partial charge is 0.480 e. The smallest absolute Gasteiger partial charge is 0.320 e. The van der Waals surface area contributed by atoms with Crippen molar-refractivity contribution in [3.05, 3.63) is 35.4 Å². The van der Waals surface area contributed by atoms with Crippen molar-refractivity contribution < 1.29 is 14.7 Å². The highest BCUT2D eigenvalue weighted by Crippen LogP contribution is 2.25. The van der Waals surface area contributed by atoms with Crippen LogP contribution in [0, 0.1) is 0 Å². The summed E-state index contributed by atoms with van der Waals surface area (Å²) in [6, 6.07) is 6.01. The van der Waals surface area contributed by atoms with Gasteiger partial charge in [-0.05, 0) is 17.5 Å². The molecule has 1 atom stereocenters. The van der Waals surface area contributed by atoms with Crippen LogP contribution in [0.15, 0.2) is 24.3 Å². The van der Waals surface area contributed by atoms with E-state index in [2.05, 4.69) is 5.32 Å². The number of alkyl halides is 3. The fourth-order valence-corrected chi connectivity index (χ4v) is 1.62. The molecule has 0 fully saturated rings. The van der Waals surface area contributed by atoms with Gasteiger partial charge in [0.15, 0.2) is 0 Å². The van der Waals surface area contributed by atoms with E-state index in [1.165, 1.54) is 0 Å². The minimum absolute atomic E-state index is 0.206. The van der Waals surface area contributed by atoms with Crippen molar-refractivity contribution in [1.82, 2.24) is 5.32 Å². The first kappa shape index (κ1) is 17.0. The van der Waals surface area contributed by atoms with E-state index in [1.54, 1.807) is 24.3 Å². The average Bonchev–Trinajstić information content (AvgIpc) is 2.36. The number of aliphatic carboxylic acids is 1. The van der Waals surface area contributed by atoms with Crippen LogP contribution in [-0.2, 0) is 22.6 Å². The van der Waals surface area contributed by atoms with Crippen molar-refractivity contribution >= 4 is 46.7 Å². The van der Waals surface area contributed by atoms with E-state index in [4.69, 9.17) is 45.6 Å². The fraction of sp³-hybridized carbons (Fsp3) is 0.333. The number of carboxylic acids is 1. The number of hydrogen-bond donors (Lipinski definition) is 3. The van der Waals surface area contributed by atoms with Gasteiger partial charge in [0.2, 0.25) is 0 Å². The maximum atomic E-state index is 11.3. The van der Waals surface area contributed by atoms with Gasteiger partial charge in [-0.25, -0.2) is 0 Å². The number of nitrogens with two attached hydrogens (primary N) is 1. The van der Waals surface area contributed by atoms with Gasteiger partial charge in [0.25, 0.3) is 9.70 Å². The van der Waals surface area contributed by atoms with Crippen LogP contribution in [0.5, 0.6) is 0 Å². The van der Waals surface area contributed by atoms with E-state index < -0.39 is 21.7 Å². The molecule has 20 heavy (non-hydrogen) atoms. The molecule has 0 aromatic heterocycles. The molecule has 0 saturated heterocycles. The van der Waals surface area contributed by atoms with Gasteiger partial charge in [-0.15, -0.1) is 0 Å². The number of amides is 1. The second kappa shape index (κ2) is 7.13. The third-order valence-electron chi connectivity index (χ3n) is 2.51. The van der Waals surface area contributed by atoms with Crippen molar-refractivity contribution in [2.45, 2.75) is 22.8 Å². The summed E-state index contributed by atoms with van der Waals surface area (Å²) >= 11 is 16.2. The molecule has 0 aliphatic carbocycles. The lowest BCUT2D eigenvalue weighted by atomic mass is 10.0.